The van der Waals surface area contributed by atoms with Gasteiger partial charge in [-0.15, -0.1) is 0 Å². The molecule has 1 aromatic rings. The van der Waals surface area contributed by atoms with E-state index in [9.17, 15) is 9.59 Å². The zero-order valence-corrected chi connectivity index (χ0v) is 7.05. The molecule has 12 heavy (non-hydrogen) atoms. The lowest BCUT2D eigenvalue weighted by atomic mass is 10.1. The van der Waals surface area contributed by atoms with E-state index < -0.39 is 0 Å². The van der Waals surface area contributed by atoms with Crippen LogP contribution in [-0.4, -0.2) is 11.6 Å². The number of rotatable bonds is 2. The molecule has 0 aliphatic carbocycles. The minimum Gasteiger partial charge on any atom is -0.295 e. The standard InChI is InChI=1S/C10H10O2/c1-7(11)9-4-3-5-10(6-9)8(2)12/h3-6H,1-2H3/i3D. The van der Waals surface area contributed by atoms with Gasteiger partial charge in [0.05, 0.1) is 1.37 Å². The third-order valence-electron chi connectivity index (χ3n) is 1.60. The maximum absolute atomic E-state index is 11.0. The average Bonchev–Trinajstić information content (AvgIpc) is 2.03. The van der Waals surface area contributed by atoms with Crippen LogP contribution >= 0.6 is 0 Å². The van der Waals surface area contributed by atoms with Crippen molar-refractivity contribution in [3.63, 3.8) is 0 Å². The molecule has 0 amide bonds. The van der Waals surface area contributed by atoms with Crippen molar-refractivity contribution in [3.05, 3.63) is 35.4 Å². The molecule has 0 heterocycles. The Bertz CT molecular complexity index is 337. The lowest BCUT2D eigenvalue weighted by Crippen LogP contribution is -1.96. The predicted octanol–water partition coefficient (Wildman–Crippen LogP) is 2.09. The summed E-state index contributed by atoms with van der Waals surface area (Å²) in [5.74, 6) is -0.256. The average molecular weight is 163 g/mol. The normalized spacial score (nSPS) is 10.7. The number of ketones is 2. The lowest BCUT2D eigenvalue weighted by molar-refractivity contribution is 0.101. The molecule has 0 atom stereocenters. The molecular formula is C10H10O2. The number of hydrogen-bond acceptors (Lipinski definition) is 2. The third-order valence-corrected chi connectivity index (χ3v) is 1.60. The molecule has 1 rings (SSSR count). The van der Waals surface area contributed by atoms with E-state index in [0.717, 1.165) is 0 Å². The molecule has 1 aromatic carbocycles. The van der Waals surface area contributed by atoms with Crippen LogP contribution in [-0.2, 0) is 0 Å². The maximum Gasteiger partial charge on any atom is 0.159 e. The van der Waals surface area contributed by atoms with Gasteiger partial charge in [-0.2, -0.15) is 0 Å². The molecule has 0 aliphatic heterocycles. The van der Waals surface area contributed by atoms with Crippen molar-refractivity contribution >= 4 is 11.6 Å². The molecule has 0 unspecified atom stereocenters. The summed E-state index contributed by atoms with van der Waals surface area (Å²) in [4.78, 5) is 22.0. The number of carbonyl (C=O) groups is 2. The molecule has 0 fully saturated rings. The van der Waals surface area contributed by atoms with Gasteiger partial charge >= 0.3 is 0 Å². The third kappa shape index (κ3) is 1.78. The zero-order valence-electron chi connectivity index (χ0n) is 8.05. The molecule has 62 valence electrons. The Hall–Kier alpha value is -1.44. The number of Topliss-reactive ketones (excluding diaryl/α,β-unsaturated/α-hetero) is 2. The van der Waals surface area contributed by atoms with Crippen molar-refractivity contribution in [1.29, 1.82) is 0 Å². The van der Waals surface area contributed by atoms with Gasteiger partial charge in [-0.05, 0) is 19.9 Å². The largest absolute Gasteiger partial charge is 0.295 e. The first kappa shape index (κ1) is 7.22. The molecule has 2 heteroatoms. The molecule has 0 spiro atoms. The van der Waals surface area contributed by atoms with E-state index in [0.29, 0.717) is 11.1 Å². The summed E-state index contributed by atoms with van der Waals surface area (Å²) in [5.41, 5.74) is 0.829. The van der Waals surface area contributed by atoms with Crippen molar-refractivity contribution in [2.75, 3.05) is 0 Å². The second kappa shape index (κ2) is 3.30. The SMILES string of the molecule is [2H]c1cc(C(C)=O)cc(C(C)=O)c1. The number of benzene rings is 1. The van der Waals surface area contributed by atoms with Crippen molar-refractivity contribution in [3.8, 4) is 0 Å². The van der Waals surface area contributed by atoms with E-state index in [-0.39, 0.29) is 17.6 Å². The van der Waals surface area contributed by atoms with Crippen LogP contribution in [0.3, 0.4) is 0 Å². The first-order valence-corrected chi connectivity index (χ1v) is 3.64. The highest BCUT2D eigenvalue weighted by Crippen LogP contribution is 2.06. The molecule has 0 aliphatic rings. The van der Waals surface area contributed by atoms with Gasteiger partial charge in [0.25, 0.3) is 0 Å². The summed E-state index contributed by atoms with van der Waals surface area (Å²) in [5, 5.41) is 0. The Kier molecular flexibility index (Phi) is 1.99. The van der Waals surface area contributed by atoms with Crippen LogP contribution < -0.4 is 0 Å². The summed E-state index contributed by atoms with van der Waals surface area (Å²) in [6.07, 6.45) is 0. The summed E-state index contributed by atoms with van der Waals surface area (Å²) >= 11 is 0. The van der Waals surface area contributed by atoms with Crippen LogP contribution in [0.25, 0.3) is 0 Å². The van der Waals surface area contributed by atoms with Crippen LogP contribution in [0.1, 0.15) is 35.9 Å². The molecule has 0 radical (unpaired) electrons. The van der Waals surface area contributed by atoms with Gasteiger partial charge in [-0.25, -0.2) is 0 Å². The van der Waals surface area contributed by atoms with Crippen LogP contribution in [0.2, 0.25) is 0 Å². The number of carbonyl (C=O) groups excluding carboxylic acids is 2. The Morgan fingerprint density at radius 1 is 1.17 bits per heavy atom. The highest BCUT2D eigenvalue weighted by Gasteiger charge is 2.02. The minimum absolute atomic E-state index is 0.128. The summed E-state index contributed by atoms with van der Waals surface area (Å²) in [7, 11) is 0. The van der Waals surface area contributed by atoms with Gasteiger partial charge in [0.1, 0.15) is 0 Å². The first-order valence-electron chi connectivity index (χ1n) is 4.14. The van der Waals surface area contributed by atoms with Crippen molar-refractivity contribution in [2.24, 2.45) is 0 Å². The van der Waals surface area contributed by atoms with Gasteiger partial charge in [-0.1, -0.05) is 18.2 Å². The smallest absolute Gasteiger partial charge is 0.159 e. The fourth-order valence-electron chi connectivity index (χ4n) is 0.879. The predicted molar refractivity (Wildman–Crippen MR) is 46.5 cm³/mol. The van der Waals surface area contributed by atoms with Gasteiger partial charge in [0, 0.05) is 11.1 Å². The summed E-state index contributed by atoms with van der Waals surface area (Å²) < 4.78 is 7.36. The second-order valence-corrected chi connectivity index (χ2v) is 2.62. The fraction of sp³-hybridized carbons (Fsp3) is 0.200. The molecule has 0 N–H and O–H groups in total. The van der Waals surface area contributed by atoms with Gasteiger partial charge < -0.3 is 0 Å². The quantitative estimate of drug-likeness (QED) is 0.625. The van der Waals surface area contributed by atoms with Gasteiger partial charge in [-0.3, -0.25) is 9.59 Å². The van der Waals surface area contributed by atoms with Crippen molar-refractivity contribution < 1.29 is 11.0 Å². The molecule has 0 aromatic heterocycles. The van der Waals surface area contributed by atoms with Gasteiger partial charge in [0.15, 0.2) is 11.6 Å². The topological polar surface area (TPSA) is 34.1 Å². The fourth-order valence-corrected chi connectivity index (χ4v) is 0.879. The van der Waals surface area contributed by atoms with E-state index in [1.807, 2.05) is 0 Å². The molecule has 2 nitrogen and oxygen atoms in total. The van der Waals surface area contributed by atoms with Crippen molar-refractivity contribution in [1.82, 2.24) is 0 Å². The van der Waals surface area contributed by atoms with Crippen LogP contribution in [0.4, 0.5) is 0 Å². The van der Waals surface area contributed by atoms with Gasteiger partial charge in [0.2, 0.25) is 0 Å². The Morgan fingerprint density at radius 2 is 1.58 bits per heavy atom. The highest BCUT2D eigenvalue weighted by molar-refractivity contribution is 5.99. The van der Waals surface area contributed by atoms with E-state index >= 15 is 0 Å². The van der Waals surface area contributed by atoms with E-state index in [4.69, 9.17) is 1.37 Å². The first-order chi connectivity index (χ1) is 6.00. The Balaban J connectivity index is 3.26. The molecule has 0 bridgehead atoms. The Morgan fingerprint density at radius 3 is 1.92 bits per heavy atom. The lowest BCUT2D eigenvalue weighted by Gasteiger charge is -1.97. The van der Waals surface area contributed by atoms with E-state index in [1.165, 1.54) is 32.0 Å². The Labute approximate surface area is 72.6 Å². The van der Waals surface area contributed by atoms with E-state index in [1.54, 1.807) is 0 Å². The van der Waals surface area contributed by atoms with Crippen LogP contribution in [0.5, 0.6) is 0 Å². The van der Waals surface area contributed by atoms with Crippen LogP contribution in [0, 0.1) is 0 Å². The number of hydrogen-bond donors (Lipinski definition) is 0. The highest BCUT2D eigenvalue weighted by atomic mass is 16.1. The maximum atomic E-state index is 11.0. The van der Waals surface area contributed by atoms with Crippen LogP contribution in [0.15, 0.2) is 24.2 Å². The summed E-state index contributed by atoms with van der Waals surface area (Å²) in [6, 6.07) is 4.62. The molecule has 0 saturated carbocycles. The van der Waals surface area contributed by atoms with E-state index in [2.05, 4.69) is 0 Å². The molecular weight excluding hydrogens is 152 g/mol. The zero-order chi connectivity index (χ0) is 10.0. The second-order valence-electron chi connectivity index (χ2n) is 2.62. The van der Waals surface area contributed by atoms with Crippen molar-refractivity contribution in [2.45, 2.75) is 13.8 Å². The monoisotopic (exact) mass is 163 g/mol. The summed E-state index contributed by atoms with van der Waals surface area (Å²) in [6.45, 7) is 2.83. The minimum atomic E-state index is -0.128. The molecule has 0 saturated heterocycles.